The SMILES string of the molecule is COc1ccc(C2(C)NC(=O)N(CC(=O)N3CCCC(C)C3)C2=O)cc1C. The van der Waals surface area contributed by atoms with Crippen LogP contribution in [0.3, 0.4) is 0 Å². The van der Waals surface area contributed by atoms with Gasteiger partial charge in [-0.15, -0.1) is 0 Å². The van der Waals surface area contributed by atoms with E-state index < -0.39 is 17.5 Å². The number of nitrogens with one attached hydrogen (secondary N) is 1. The number of aryl methyl sites for hydroxylation is 1. The maximum atomic E-state index is 13.0. The number of methoxy groups -OCH3 is 1. The first-order valence-corrected chi connectivity index (χ1v) is 9.33. The van der Waals surface area contributed by atoms with Crippen LogP contribution < -0.4 is 10.1 Å². The number of benzene rings is 1. The molecule has 2 atom stereocenters. The molecule has 1 aromatic carbocycles. The Hall–Kier alpha value is -2.57. The van der Waals surface area contributed by atoms with Crippen molar-refractivity contribution in [3.05, 3.63) is 29.3 Å². The molecule has 1 N–H and O–H groups in total. The van der Waals surface area contributed by atoms with Gasteiger partial charge in [-0.05, 0) is 55.9 Å². The van der Waals surface area contributed by atoms with Gasteiger partial charge in [0, 0.05) is 13.1 Å². The average Bonchev–Trinajstić information content (AvgIpc) is 2.85. The fourth-order valence-corrected chi connectivity index (χ4v) is 3.88. The van der Waals surface area contributed by atoms with Crippen molar-refractivity contribution in [2.75, 3.05) is 26.7 Å². The number of carbonyl (C=O) groups is 3. The van der Waals surface area contributed by atoms with Crippen molar-refractivity contribution in [3.63, 3.8) is 0 Å². The molecule has 2 fully saturated rings. The zero-order valence-corrected chi connectivity index (χ0v) is 16.4. The Morgan fingerprint density at radius 1 is 1.37 bits per heavy atom. The Morgan fingerprint density at radius 3 is 2.74 bits per heavy atom. The average molecular weight is 373 g/mol. The van der Waals surface area contributed by atoms with E-state index in [1.807, 2.05) is 13.0 Å². The maximum Gasteiger partial charge on any atom is 0.325 e. The molecule has 7 nitrogen and oxygen atoms in total. The highest BCUT2D eigenvalue weighted by Gasteiger charge is 2.49. The number of ether oxygens (including phenoxy) is 1. The number of nitrogens with zero attached hydrogens (tertiary/aromatic N) is 2. The van der Waals surface area contributed by atoms with Crippen LogP contribution in [-0.2, 0) is 15.1 Å². The van der Waals surface area contributed by atoms with Crippen LogP contribution >= 0.6 is 0 Å². The third-order valence-corrected chi connectivity index (χ3v) is 5.55. The summed E-state index contributed by atoms with van der Waals surface area (Å²) in [6.07, 6.45) is 2.05. The summed E-state index contributed by atoms with van der Waals surface area (Å²) in [6.45, 7) is 6.80. The van der Waals surface area contributed by atoms with Crippen LogP contribution in [0.1, 0.15) is 37.8 Å². The van der Waals surface area contributed by atoms with E-state index in [2.05, 4.69) is 12.2 Å². The predicted octanol–water partition coefficient (Wildman–Crippen LogP) is 2.03. The topological polar surface area (TPSA) is 79.0 Å². The lowest BCUT2D eigenvalue weighted by atomic mass is 9.90. The molecule has 1 aromatic rings. The number of urea groups is 1. The van der Waals surface area contributed by atoms with Crippen molar-refractivity contribution in [1.29, 1.82) is 0 Å². The second-order valence-electron chi connectivity index (χ2n) is 7.72. The summed E-state index contributed by atoms with van der Waals surface area (Å²) in [5.74, 6) is 0.569. The summed E-state index contributed by atoms with van der Waals surface area (Å²) < 4.78 is 5.26. The minimum absolute atomic E-state index is 0.180. The van der Waals surface area contributed by atoms with Gasteiger partial charge in [0.25, 0.3) is 5.91 Å². The lowest BCUT2D eigenvalue weighted by Gasteiger charge is -2.32. The van der Waals surface area contributed by atoms with Crippen LogP contribution in [0.15, 0.2) is 18.2 Å². The van der Waals surface area contributed by atoms with Crippen LogP contribution in [0.2, 0.25) is 0 Å². The van der Waals surface area contributed by atoms with Crippen molar-refractivity contribution >= 4 is 17.8 Å². The second kappa shape index (κ2) is 7.21. The van der Waals surface area contributed by atoms with Crippen LogP contribution in [0.5, 0.6) is 5.75 Å². The lowest BCUT2D eigenvalue weighted by Crippen LogP contribution is -2.47. The van der Waals surface area contributed by atoms with E-state index in [0.29, 0.717) is 30.3 Å². The molecule has 27 heavy (non-hydrogen) atoms. The molecule has 2 heterocycles. The van der Waals surface area contributed by atoms with Gasteiger partial charge in [-0.2, -0.15) is 0 Å². The Labute approximate surface area is 159 Å². The number of rotatable bonds is 4. The number of amides is 4. The summed E-state index contributed by atoms with van der Waals surface area (Å²) in [5, 5.41) is 2.75. The molecule has 0 saturated carbocycles. The van der Waals surface area contributed by atoms with Gasteiger partial charge in [0.2, 0.25) is 5.91 Å². The molecular weight excluding hydrogens is 346 g/mol. The molecule has 0 aliphatic carbocycles. The van der Waals surface area contributed by atoms with Gasteiger partial charge in [-0.1, -0.05) is 13.0 Å². The summed E-state index contributed by atoms with van der Waals surface area (Å²) >= 11 is 0. The van der Waals surface area contributed by atoms with E-state index in [1.54, 1.807) is 31.1 Å². The fraction of sp³-hybridized carbons (Fsp3) is 0.550. The largest absolute Gasteiger partial charge is 0.496 e. The van der Waals surface area contributed by atoms with Crippen molar-refractivity contribution < 1.29 is 19.1 Å². The standard InChI is InChI=1S/C20H27N3O4/c1-13-6-5-9-22(11-13)17(24)12-23-18(25)20(3,21-19(23)26)15-7-8-16(27-4)14(2)10-15/h7-8,10,13H,5-6,9,11-12H2,1-4H3,(H,21,26). The van der Waals surface area contributed by atoms with E-state index in [0.717, 1.165) is 23.3 Å². The second-order valence-corrected chi connectivity index (χ2v) is 7.72. The van der Waals surface area contributed by atoms with Crippen LogP contribution in [-0.4, -0.2) is 54.4 Å². The monoisotopic (exact) mass is 373 g/mol. The third-order valence-electron chi connectivity index (χ3n) is 5.55. The molecule has 7 heteroatoms. The van der Waals surface area contributed by atoms with Crippen molar-refractivity contribution in [3.8, 4) is 5.75 Å². The van der Waals surface area contributed by atoms with Crippen molar-refractivity contribution in [2.24, 2.45) is 5.92 Å². The van der Waals surface area contributed by atoms with Gasteiger partial charge in [0.05, 0.1) is 7.11 Å². The van der Waals surface area contributed by atoms with Crippen molar-refractivity contribution in [2.45, 2.75) is 39.2 Å². The summed E-state index contributed by atoms with van der Waals surface area (Å²) in [6, 6.07) is 4.84. The van der Waals surface area contributed by atoms with Crippen LogP contribution in [0, 0.1) is 12.8 Å². The maximum absolute atomic E-state index is 13.0. The molecule has 2 aliphatic heterocycles. The van der Waals surface area contributed by atoms with E-state index in [9.17, 15) is 14.4 Å². The number of hydrogen-bond donors (Lipinski definition) is 1. The summed E-state index contributed by atoms with van der Waals surface area (Å²) in [7, 11) is 1.58. The van der Waals surface area contributed by atoms with Gasteiger partial charge in [-0.3, -0.25) is 14.5 Å². The van der Waals surface area contributed by atoms with Gasteiger partial charge < -0.3 is 15.0 Å². The van der Waals surface area contributed by atoms with E-state index >= 15 is 0 Å². The van der Waals surface area contributed by atoms with Crippen LogP contribution in [0.4, 0.5) is 4.79 Å². The van der Waals surface area contributed by atoms with E-state index in [1.165, 1.54) is 0 Å². The highest BCUT2D eigenvalue weighted by Crippen LogP contribution is 2.31. The molecule has 0 aromatic heterocycles. The Kier molecular flexibility index (Phi) is 5.13. The quantitative estimate of drug-likeness (QED) is 0.819. The molecule has 146 valence electrons. The van der Waals surface area contributed by atoms with Gasteiger partial charge >= 0.3 is 6.03 Å². The molecule has 0 spiro atoms. The molecule has 2 unspecified atom stereocenters. The van der Waals surface area contributed by atoms with Gasteiger partial charge in [-0.25, -0.2) is 4.79 Å². The van der Waals surface area contributed by atoms with Gasteiger partial charge in [0.1, 0.15) is 17.8 Å². The first-order chi connectivity index (χ1) is 12.8. The number of piperidine rings is 1. The third kappa shape index (κ3) is 3.50. The number of carbonyl (C=O) groups excluding carboxylic acids is 3. The molecule has 0 radical (unpaired) electrons. The molecule has 4 amide bonds. The van der Waals surface area contributed by atoms with Crippen LogP contribution in [0.25, 0.3) is 0 Å². The first-order valence-electron chi connectivity index (χ1n) is 9.33. The smallest absolute Gasteiger partial charge is 0.325 e. The Balaban J connectivity index is 1.78. The summed E-state index contributed by atoms with van der Waals surface area (Å²) in [5.41, 5.74) is 0.347. The normalized spacial score (nSPS) is 25.6. The van der Waals surface area contributed by atoms with Crippen molar-refractivity contribution in [1.82, 2.24) is 15.1 Å². The first kappa shape index (κ1) is 19.2. The van der Waals surface area contributed by atoms with E-state index in [-0.39, 0.29) is 12.5 Å². The minimum Gasteiger partial charge on any atom is -0.496 e. The molecule has 0 bridgehead atoms. The number of hydrogen-bond acceptors (Lipinski definition) is 4. The Morgan fingerprint density at radius 2 is 2.11 bits per heavy atom. The number of imide groups is 1. The highest BCUT2D eigenvalue weighted by molar-refractivity contribution is 6.09. The zero-order valence-electron chi connectivity index (χ0n) is 16.4. The fourth-order valence-electron chi connectivity index (χ4n) is 3.88. The lowest BCUT2D eigenvalue weighted by molar-refractivity contribution is -0.139. The number of likely N-dealkylation sites (tertiary alicyclic amines) is 1. The molecule has 3 rings (SSSR count). The summed E-state index contributed by atoms with van der Waals surface area (Å²) in [4.78, 5) is 40.9. The molecular formula is C20H27N3O4. The van der Waals surface area contributed by atoms with E-state index in [4.69, 9.17) is 4.74 Å². The highest BCUT2D eigenvalue weighted by atomic mass is 16.5. The zero-order chi connectivity index (χ0) is 19.8. The van der Waals surface area contributed by atoms with Gasteiger partial charge in [0.15, 0.2) is 0 Å². The Bertz CT molecular complexity index is 778. The molecule has 2 aliphatic rings. The molecule has 2 saturated heterocycles. The predicted molar refractivity (Wildman–Crippen MR) is 100 cm³/mol. The minimum atomic E-state index is -1.19.